The summed E-state index contributed by atoms with van der Waals surface area (Å²) < 4.78 is 5.75. The van der Waals surface area contributed by atoms with Crippen LogP contribution in [0.3, 0.4) is 0 Å². The maximum absolute atomic E-state index is 5.75. The standard InChI is InChI=1S/C19H30O/c1-4-6-13-20-18-10-8-17(9-11-18)19-12-7-16(5-2)14-15(19)3/h8-11,15-16,19H,4-7,12-14H2,1-3H3. The highest BCUT2D eigenvalue weighted by atomic mass is 16.5. The van der Waals surface area contributed by atoms with Crippen LogP contribution in [0, 0.1) is 11.8 Å². The smallest absolute Gasteiger partial charge is 0.119 e. The first-order chi connectivity index (χ1) is 9.74. The molecule has 0 bridgehead atoms. The fraction of sp³-hybridized carbons (Fsp3) is 0.684. The van der Waals surface area contributed by atoms with E-state index in [1.807, 2.05) is 0 Å². The molecule has 0 amide bonds. The zero-order chi connectivity index (χ0) is 14.4. The molecule has 1 fully saturated rings. The minimum Gasteiger partial charge on any atom is -0.494 e. The summed E-state index contributed by atoms with van der Waals surface area (Å²) in [6.45, 7) is 7.80. The molecule has 1 saturated carbocycles. The normalized spacial score (nSPS) is 26.4. The Labute approximate surface area is 124 Å². The molecule has 0 N–H and O–H groups in total. The molecule has 1 aliphatic rings. The third kappa shape index (κ3) is 4.01. The summed E-state index contributed by atoms with van der Waals surface area (Å²) in [6.07, 6.45) is 7.84. The number of hydrogen-bond acceptors (Lipinski definition) is 1. The molecular weight excluding hydrogens is 244 g/mol. The van der Waals surface area contributed by atoms with Crippen molar-refractivity contribution in [1.29, 1.82) is 0 Å². The van der Waals surface area contributed by atoms with Crippen molar-refractivity contribution >= 4 is 0 Å². The summed E-state index contributed by atoms with van der Waals surface area (Å²) in [4.78, 5) is 0. The van der Waals surface area contributed by atoms with Gasteiger partial charge in [0.25, 0.3) is 0 Å². The minimum absolute atomic E-state index is 0.752. The molecule has 1 aromatic rings. The van der Waals surface area contributed by atoms with Gasteiger partial charge in [0.2, 0.25) is 0 Å². The maximum Gasteiger partial charge on any atom is 0.119 e. The molecule has 0 aromatic heterocycles. The van der Waals surface area contributed by atoms with E-state index < -0.39 is 0 Å². The highest BCUT2D eigenvalue weighted by molar-refractivity contribution is 5.30. The van der Waals surface area contributed by atoms with Gasteiger partial charge in [0.1, 0.15) is 5.75 Å². The van der Waals surface area contributed by atoms with Crippen LogP contribution in [0.2, 0.25) is 0 Å². The lowest BCUT2D eigenvalue weighted by atomic mass is 9.71. The van der Waals surface area contributed by atoms with Crippen LogP contribution in [0.25, 0.3) is 0 Å². The molecule has 0 spiro atoms. The Kier molecular flexibility index (Phi) is 5.94. The minimum atomic E-state index is 0.752. The number of ether oxygens (including phenoxy) is 1. The van der Waals surface area contributed by atoms with Crippen molar-refractivity contribution < 1.29 is 4.74 Å². The van der Waals surface area contributed by atoms with E-state index in [1.54, 1.807) is 0 Å². The molecule has 20 heavy (non-hydrogen) atoms. The van der Waals surface area contributed by atoms with E-state index in [4.69, 9.17) is 4.74 Å². The van der Waals surface area contributed by atoms with Gasteiger partial charge < -0.3 is 4.74 Å². The average Bonchev–Trinajstić information content (AvgIpc) is 2.48. The Morgan fingerprint density at radius 3 is 2.45 bits per heavy atom. The van der Waals surface area contributed by atoms with Crippen molar-refractivity contribution in [2.75, 3.05) is 6.61 Å². The SMILES string of the molecule is CCCCOc1ccc(C2CCC(CC)CC2C)cc1. The van der Waals surface area contributed by atoms with E-state index in [0.717, 1.165) is 36.5 Å². The Hall–Kier alpha value is -0.980. The van der Waals surface area contributed by atoms with E-state index in [2.05, 4.69) is 45.0 Å². The summed E-state index contributed by atoms with van der Waals surface area (Å²) in [5.74, 6) is 3.55. The Bertz CT molecular complexity index is 381. The van der Waals surface area contributed by atoms with Crippen molar-refractivity contribution in [2.24, 2.45) is 11.8 Å². The first-order valence-corrected chi connectivity index (χ1v) is 8.47. The second-order valence-corrected chi connectivity index (χ2v) is 6.44. The lowest BCUT2D eigenvalue weighted by molar-refractivity contribution is 0.242. The quantitative estimate of drug-likeness (QED) is 0.596. The van der Waals surface area contributed by atoms with E-state index >= 15 is 0 Å². The molecule has 1 nitrogen and oxygen atoms in total. The fourth-order valence-electron chi connectivity index (χ4n) is 3.52. The van der Waals surface area contributed by atoms with E-state index in [-0.39, 0.29) is 0 Å². The first-order valence-electron chi connectivity index (χ1n) is 8.47. The second kappa shape index (κ2) is 7.71. The van der Waals surface area contributed by atoms with Gasteiger partial charge in [-0.25, -0.2) is 0 Å². The Morgan fingerprint density at radius 2 is 1.85 bits per heavy atom. The van der Waals surface area contributed by atoms with Gasteiger partial charge in [0, 0.05) is 0 Å². The molecule has 0 radical (unpaired) electrons. The number of unbranched alkanes of at least 4 members (excludes halogenated alkanes) is 1. The predicted molar refractivity (Wildman–Crippen MR) is 86.4 cm³/mol. The molecule has 1 aliphatic carbocycles. The third-order valence-electron chi connectivity index (χ3n) is 4.93. The molecule has 3 atom stereocenters. The monoisotopic (exact) mass is 274 g/mol. The van der Waals surface area contributed by atoms with Crippen molar-refractivity contribution in [3.8, 4) is 5.75 Å². The lowest BCUT2D eigenvalue weighted by Gasteiger charge is -2.34. The van der Waals surface area contributed by atoms with Gasteiger partial charge in [-0.3, -0.25) is 0 Å². The maximum atomic E-state index is 5.75. The third-order valence-corrected chi connectivity index (χ3v) is 4.93. The molecular formula is C19H30O. The molecule has 3 unspecified atom stereocenters. The van der Waals surface area contributed by atoms with Gasteiger partial charge in [0.15, 0.2) is 0 Å². The van der Waals surface area contributed by atoms with Crippen LogP contribution in [0.1, 0.15) is 70.8 Å². The Balaban J connectivity index is 1.92. The van der Waals surface area contributed by atoms with Gasteiger partial charge >= 0.3 is 0 Å². The topological polar surface area (TPSA) is 9.23 Å². The predicted octanol–water partition coefficient (Wildman–Crippen LogP) is 5.80. The Morgan fingerprint density at radius 1 is 1.10 bits per heavy atom. The number of rotatable bonds is 6. The van der Waals surface area contributed by atoms with Crippen molar-refractivity contribution in [2.45, 2.75) is 65.2 Å². The summed E-state index contributed by atoms with van der Waals surface area (Å²) in [5, 5.41) is 0. The van der Waals surface area contributed by atoms with Crippen LogP contribution in [0.5, 0.6) is 5.75 Å². The fourth-order valence-corrected chi connectivity index (χ4v) is 3.52. The highest BCUT2D eigenvalue weighted by Crippen LogP contribution is 2.41. The molecule has 1 aromatic carbocycles. The van der Waals surface area contributed by atoms with Crippen LogP contribution in [0.15, 0.2) is 24.3 Å². The van der Waals surface area contributed by atoms with E-state index in [1.165, 1.54) is 37.7 Å². The van der Waals surface area contributed by atoms with Crippen molar-refractivity contribution in [3.05, 3.63) is 29.8 Å². The summed E-state index contributed by atoms with van der Waals surface area (Å²) >= 11 is 0. The zero-order valence-electron chi connectivity index (χ0n) is 13.4. The molecule has 0 saturated heterocycles. The zero-order valence-corrected chi connectivity index (χ0v) is 13.4. The van der Waals surface area contributed by atoms with Crippen molar-refractivity contribution in [3.63, 3.8) is 0 Å². The molecule has 0 aliphatic heterocycles. The van der Waals surface area contributed by atoms with Crippen LogP contribution in [0.4, 0.5) is 0 Å². The first kappa shape index (κ1) is 15.4. The summed E-state index contributed by atoms with van der Waals surface area (Å²) in [7, 11) is 0. The second-order valence-electron chi connectivity index (χ2n) is 6.44. The summed E-state index contributed by atoms with van der Waals surface area (Å²) in [6, 6.07) is 8.89. The van der Waals surface area contributed by atoms with Crippen LogP contribution >= 0.6 is 0 Å². The highest BCUT2D eigenvalue weighted by Gasteiger charge is 2.27. The molecule has 2 rings (SSSR count). The van der Waals surface area contributed by atoms with Crippen molar-refractivity contribution in [1.82, 2.24) is 0 Å². The average molecular weight is 274 g/mol. The van der Waals surface area contributed by atoms with Crippen LogP contribution < -0.4 is 4.74 Å². The largest absolute Gasteiger partial charge is 0.494 e. The molecule has 0 heterocycles. The molecule has 1 heteroatoms. The number of hydrogen-bond donors (Lipinski definition) is 0. The number of benzene rings is 1. The molecule has 112 valence electrons. The summed E-state index contributed by atoms with van der Waals surface area (Å²) in [5.41, 5.74) is 1.51. The van der Waals surface area contributed by atoms with Crippen LogP contribution in [-0.2, 0) is 0 Å². The van der Waals surface area contributed by atoms with Gasteiger partial charge in [-0.05, 0) is 61.1 Å². The van der Waals surface area contributed by atoms with Gasteiger partial charge in [-0.1, -0.05) is 45.7 Å². The van der Waals surface area contributed by atoms with Gasteiger partial charge in [-0.15, -0.1) is 0 Å². The lowest BCUT2D eigenvalue weighted by Crippen LogP contribution is -2.21. The van der Waals surface area contributed by atoms with E-state index in [0.29, 0.717) is 0 Å². The van der Waals surface area contributed by atoms with E-state index in [9.17, 15) is 0 Å². The van der Waals surface area contributed by atoms with Gasteiger partial charge in [0.05, 0.1) is 6.61 Å². The van der Waals surface area contributed by atoms with Crippen LogP contribution in [-0.4, -0.2) is 6.61 Å². The van der Waals surface area contributed by atoms with Gasteiger partial charge in [-0.2, -0.15) is 0 Å².